The predicted octanol–water partition coefficient (Wildman–Crippen LogP) is 5.16. The molecule has 6 aliphatic rings. The first-order chi connectivity index (χ1) is 19.9. The van der Waals surface area contributed by atoms with Gasteiger partial charge in [-0.05, 0) is 5.56 Å². The van der Waals surface area contributed by atoms with E-state index in [9.17, 15) is 0 Å². The van der Waals surface area contributed by atoms with Crippen molar-refractivity contribution in [2.24, 2.45) is 0 Å². The van der Waals surface area contributed by atoms with Crippen LogP contribution in [0, 0.1) is 0 Å². The third-order valence-corrected chi connectivity index (χ3v) is 44.6. The van der Waals surface area contributed by atoms with Crippen LogP contribution in [0.5, 0.6) is 0 Å². The lowest BCUT2D eigenvalue weighted by Crippen LogP contribution is -2.88. The zero-order chi connectivity index (χ0) is 30.1. The second-order valence-corrected chi connectivity index (χ2v) is 36.9. The van der Waals surface area contributed by atoms with Crippen molar-refractivity contribution in [1.29, 1.82) is 0 Å². The molecule has 6 aliphatic heterocycles. The van der Waals surface area contributed by atoms with Gasteiger partial charge >= 0.3 is 70.4 Å². The first-order valence-corrected chi connectivity index (χ1v) is 30.3. The standard InChI is InChI=1S/C22H42O12Si8/c1-9-35-23-36(10-2)26-39(13-5)28-37(11-3,24-35)30-41(15-7)31-38(12-4,25-35)29-40(14-6,27-36)33-42(32-39,34-41)21(8)22-19-17-16-18-20-22/h16-20H,8-15H2,1-7H3. The number of hydrogen-bond donors (Lipinski definition) is 0. The lowest BCUT2D eigenvalue weighted by molar-refractivity contribution is -0.0252. The molecule has 6 saturated heterocycles. The van der Waals surface area contributed by atoms with Crippen LogP contribution in [-0.4, -0.2) is 70.4 Å². The van der Waals surface area contributed by atoms with Crippen LogP contribution in [0.2, 0.25) is 42.3 Å². The van der Waals surface area contributed by atoms with Gasteiger partial charge in [0, 0.05) is 47.5 Å². The van der Waals surface area contributed by atoms with Gasteiger partial charge in [0.1, 0.15) is 0 Å². The van der Waals surface area contributed by atoms with Crippen LogP contribution < -0.4 is 0 Å². The van der Waals surface area contributed by atoms with Gasteiger partial charge < -0.3 is 49.4 Å². The summed E-state index contributed by atoms with van der Waals surface area (Å²) < 4.78 is 86.0. The van der Waals surface area contributed by atoms with E-state index < -0.39 is 70.4 Å². The average Bonchev–Trinajstić information content (AvgIpc) is 2.96. The Morgan fingerprint density at radius 3 is 0.905 bits per heavy atom. The smallest absolute Gasteiger partial charge is 0.373 e. The summed E-state index contributed by atoms with van der Waals surface area (Å²) in [5.41, 5.74) is 0.806. The fourth-order valence-electron chi connectivity index (χ4n) is 5.76. The molecule has 12 nitrogen and oxygen atoms in total. The number of benzene rings is 1. The van der Waals surface area contributed by atoms with Crippen molar-refractivity contribution >= 4 is 75.6 Å². The number of rotatable bonds is 9. The molecule has 6 fully saturated rings. The van der Waals surface area contributed by atoms with E-state index >= 15 is 0 Å². The van der Waals surface area contributed by atoms with Crippen molar-refractivity contribution < 1.29 is 49.4 Å². The Balaban J connectivity index is 1.70. The lowest BCUT2D eigenvalue weighted by Gasteiger charge is -2.63. The maximum atomic E-state index is 7.27. The third-order valence-electron chi connectivity index (χ3n) is 8.19. The van der Waals surface area contributed by atoms with E-state index in [1.165, 1.54) is 0 Å². The van der Waals surface area contributed by atoms with Crippen molar-refractivity contribution in [3.05, 3.63) is 42.5 Å². The Hall–Kier alpha value is 0.215. The first kappa shape index (κ1) is 32.2. The Morgan fingerprint density at radius 2 is 0.667 bits per heavy atom. The summed E-state index contributed by atoms with van der Waals surface area (Å²) in [6.07, 6.45) is 0. The highest BCUT2D eigenvalue weighted by Crippen LogP contribution is 2.54. The average molecular weight is 723 g/mol. The van der Waals surface area contributed by atoms with Crippen molar-refractivity contribution in [3.63, 3.8) is 0 Å². The summed E-state index contributed by atoms with van der Waals surface area (Å²) in [5, 5.41) is 0.548. The van der Waals surface area contributed by atoms with Crippen molar-refractivity contribution in [1.82, 2.24) is 0 Å². The first-order valence-electron chi connectivity index (χ1n) is 15.1. The van der Waals surface area contributed by atoms with E-state index in [0.717, 1.165) is 5.56 Å². The quantitative estimate of drug-likeness (QED) is 0.314. The van der Waals surface area contributed by atoms with E-state index in [4.69, 9.17) is 49.4 Å². The molecule has 20 heteroatoms. The van der Waals surface area contributed by atoms with Crippen molar-refractivity contribution in [2.45, 2.75) is 90.8 Å². The Bertz CT molecular complexity index is 1090. The molecular formula is C22H42O12Si8. The molecule has 1 aromatic carbocycles. The zero-order valence-electron chi connectivity index (χ0n) is 25.4. The Morgan fingerprint density at radius 1 is 0.429 bits per heavy atom. The second-order valence-electron chi connectivity index (χ2n) is 10.9. The summed E-state index contributed by atoms with van der Waals surface area (Å²) in [7, 11) is -30.0. The van der Waals surface area contributed by atoms with E-state index in [1.54, 1.807) is 0 Å². The highest BCUT2D eigenvalue weighted by molar-refractivity contribution is 7.06. The summed E-state index contributed by atoms with van der Waals surface area (Å²) in [4.78, 5) is 0. The van der Waals surface area contributed by atoms with Crippen LogP contribution in [-0.2, 0) is 49.4 Å². The molecule has 234 valence electrons. The zero-order valence-corrected chi connectivity index (χ0v) is 33.4. The van der Waals surface area contributed by atoms with Gasteiger partial charge in [0.15, 0.2) is 0 Å². The molecule has 42 heavy (non-hydrogen) atoms. The fourth-order valence-corrected chi connectivity index (χ4v) is 54.9. The molecule has 0 radical (unpaired) electrons. The Kier molecular flexibility index (Phi) is 8.34. The summed E-state index contributed by atoms with van der Waals surface area (Å²) in [6.45, 7) is 18.4. The minimum Gasteiger partial charge on any atom is -0.373 e. The van der Waals surface area contributed by atoms with Gasteiger partial charge in [-0.15, -0.1) is 0 Å². The van der Waals surface area contributed by atoms with E-state index in [-0.39, 0.29) is 0 Å². The van der Waals surface area contributed by atoms with Crippen LogP contribution in [0.15, 0.2) is 36.9 Å². The molecule has 6 heterocycles. The molecule has 0 spiro atoms. The van der Waals surface area contributed by atoms with E-state index in [2.05, 4.69) is 6.58 Å². The highest BCUT2D eigenvalue weighted by atomic mass is 28.6. The lowest BCUT2D eigenvalue weighted by atomic mass is 10.2. The fraction of sp³-hybridized carbons (Fsp3) is 0.636. The highest BCUT2D eigenvalue weighted by Gasteiger charge is 2.82. The molecule has 0 aliphatic carbocycles. The van der Waals surface area contributed by atoms with Gasteiger partial charge in [-0.3, -0.25) is 0 Å². The van der Waals surface area contributed by atoms with Gasteiger partial charge in [-0.25, -0.2) is 0 Å². The molecule has 0 N–H and O–H groups in total. The van der Waals surface area contributed by atoms with Crippen molar-refractivity contribution in [3.8, 4) is 0 Å². The third kappa shape index (κ3) is 5.00. The minimum absolute atomic E-state index is 0.387. The summed E-state index contributed by atoms with van der Waals surface area (Å²) in [5.74, 6) is 0. The maximum Gasteiger partial charge on any atom is 0.515 e. The SMILES string of the molecule is C=C(c1ccccc1)[Si]12O[Si]3(CC)O[Si]4(CC)O[Si]5(CC)O[Si](CC)(O3)O[Si](CC)(O[Si](CC)(O5)O[Si](CC)(O4)O1)O2. The van der Waals surface area contributed by atoms with Crippen LogP contribution >= 0.6 is 0 Å². The van der Waals surface area contributed by atoms with Crippen LogP contribution in [0.25, 0.3) is 5.20 Å². The number of hydrogen-bond acceptors (Lipinski definition) is 12. The monoisotopic (exact) mass is 722 g/mol. The molecule has 8 bridgehead atoms. The maximum absolute atomic E-state index is 7.27. The van der Waals surface area contributed by atoms with Crippen LogP contribution in [0.4, 0.5) is 0 Å². The molecule has 0 saturated carbocycles. The largest absolute Gasteiger partial charge is 0.515 e. The van der Waals surface area contributed by atoms with E-state index in [0.29, 0.717) is 47.5 Å². The Labute approximate surface area is 257 Å². The second kappa shape index (κ2) is 10.9. The predicted molar refractivity (Wildman–Crippen MR) is 168 cm³/mol. The molecule has 0 amide bonds. The van der Waals surface area contributed by atoms with Gasteiger partial charge in [0.25, 0.3) is 0 Å². The topological polar surface area (TPSA) is 111 Å². The molecule has 7 rings (SSSR count). The van der Waals surface area contributed by atoms with E-state index in [1.807, 2.05) is 78.8 Å². The molecular weight excluding hydrogens is 681 g/mol. The van der Waals surface area contributed by atoms with Gasteiger partial charge in [-0.2, -0.15) is 0 Å². The molecule has 1 aromatic rings. The van der Waals surface area contributed by atoms with Crippen LogP contribution in [0.1, 0.15) is 54.0 Å². The van der Waals surface area contributed by atoms with Gasteiger partial charge in [0.2, 0.25) is 0 Å². The van der Waals surface area contributed by atoms with Crippen LogP contribution in [0.3, 0.4) is 0 Å². The molecule has 0 unspecified atom stereocenters. The normalized spacial score (nSPS) is 47.8. The van der Waals surface area contributed by atoms with Gasteiger partial charge in [-0.1, -0.05) is 85.4 Å². The summed E-state index contributed by atoms with van der Waals surface area (Å²) >= 11 is 0. The van der Waals surface area contributed by atoms with Gasteiger partial charge in [0.05, 0.1) is 0 Å². The minimum atomic E-state index is -4.09. The van der Waals surface area contributed by atoms with Crippen molar-refractivity contribution in [2.75, 3.05) is 0 Å². The summed E-state index contributed by atoms with van der Waals surface area (Å²) in [6, 6.07) is 12.6. The molecule has 0 atom stereocenters. The molecule has 0 aromatic heterocycles.